The van der Waals surface area contributed by atoms with Gasteiger partial charge in [0.1, 0.15) is 4.88 Å². The quantitative estimate of drug-likeness (QED) is 0.847. The summed E-state index contributed by atoms with van der Waals surface area (Å²) >= 11 is 1.20. The first-order chi connectivity index (χ1) is 9.39. The summed E-state index contributed by atoms with van der Waals surface area (Å²) in [6, 6.07) is 0. The van der Waals surface area contributed by atoms with Crippen molar-refractivity contribution in [2.75, 3.05) is 12.4 Å². The monoisotopic (exact) mass is 296 g/mol. The summed E-state index contributed by atoms with van der Waals surface area (Å²) in [4.78, 5) is 28.8. The zero-order chi connectivity index (χ0) is 14.9. The van der Waals surface area contributed by atoms with Gasteiger partial charge in [0.15, 0.2) is 5.13 Å². The Balaban J connectivity index is 2.21. The van der Waals surface area contributed by atoms with E-state index in [9.17, 15) is 9.59 Å². The average molecular weight is 296 g/mol. The topological polar surface area (TPSA) is 68.3 Å². The molecule has 0 unspecified atom stereocenters. The highest BCUT2D eigenvalue weighted by atomic mass is 32.1. The smallest absolute Gasteiger partial charge is 0.350 e. The molecule has 20 heavy (non-hydrogen) atoms. The number of ether oxygens (including phenoxy) is 1. The highest BCUT2D eigenvalue weighted by molar-refractivity contribution is 7.17. The maximum atomic E-state index is 12.2. The normalized spacial score (nSPS) is 15.0. The maximum Gasteiger partial charge on any atom is 0.350 e. The number of carbonyl (C=O) groups excluding carboxylic acids is 2. The van der Waals surface area contributed by atoms with Gasteiger partial charge in [-0.2, -0.15) is 0 Å². The first kappa shape index (κ1) is 15.0. The van der Waals surface area contributed by atoms with Crippen LogP contribution in [0.25, 0.3) is 0 Å². The molecule has 1 aliphatic carbocycles. The summed E-state index contributed by atoms with van der Waals surface area (Å²) in [6.07, 6.45) is 2.83. The summed E-state index contributed by atoms with van der Waals surface area (Å²) in [5.74, 6) is -0.114. The van der Waals surface area contributed by atoms with Crippen LogP contribution < -0.4 is 5.32 Å². The van der Waals surface area contributed by atoms with Gasteiger partial charge >= 0.3 is 5.97 Å². The molecule has 0 radical (unpaired) electrons. The van der Waals surface area contributed by atoms with E-state index >= 15 is 0 Å². The molecule has 1 aromatic rings. The lowest BCUT2D eigenvalue weighted by Gasteiger charge is -2.20. The van der Waals surface area contributed by atoms with E-state index < -0.39 is 5.41 Å². The molecule has 6 heteroatoms. The van der Waals surface area contributed by atoms with Crippen molar-refractivity contribution in [1.29, 1.82) is 0 Å². The van der Waals surface area contributed by atoms with Crippen LogP contribution in [0.15, 0.2) is 0 Å². The molecule has 1 fully saturated rings. The van der Waals surface area contributed by atoms with Crippen molar-refractivity contribution in [3.8, 4) is 0 Å². The van der Waals surface area contributed by atoms with E-state index in [1.807, 2.05) is 20.8 Å². The SMILES string of the molecule is CCC(C)(C)C(=O)Nc1nc(C2CC2)c(C(=O)OC)s1. The Morgan fingerprint density at radius 1 is 1.45 bits per heavy atom. The zero-order valence-corrected chi connectivity index (χ0v) is 13.1. The Morgan fingerprint density at radius 3 is 2.60 bits per heavy atom. The third-order valence-corrected chi connectivity index (χ3v) is 4.67. The van der Waals surface area contributed by atoms with Gasteiger partial charge in [-0.15, -0.1) is 0 Å². The molecule has 1 aliphatic rings. The Kier molecular flexibility index (Phi) is 4.13. The lowest BCUT2D eigenvalue weighted by Crippen LogP contribution is -2.29. The fourth-order valence-corrected chi connectivity index (χ4v) is 2.65. The standard InChI is InChI=1S/C14H20N2O3S/c1-5-14(2,3)12(18)16-13-15-9(8-6-7-8)10(20-13)11(17)19-4/h8H,5-7H2,1-4H3,(H,15,16,18). The number of aromatic nitrogens is 1. The molecular formula is C14H20N2O3S. The molecule has 2 rings (SSSR count). The lowest BCUT2D eigenvalue weighted by molar-refractivity contribution is -0.124. The number of esters is 1. The fraction of sp³-hybridized carbons (Fsp3) is 0.643. The highest BCUT2D eigenvalue weighted by Gasteiger charge is 2.33. The molecule has 0 bridgehead atoms. The summed E-state index contributed by atoms with van der Waals surface area (Å²) in [5, 5.41) is 3.30. The third-order valence-electron chi connectivity index (χ3n) is 3.71. The number of thiazole rings is 1. The van der Waals surface area contributed by atoms with Crippen LogP contribution in [0.2, 0.25) is 0 Å². The van der Waals surface area contributed by atoms with E-state index in [1.54, 1.807) is 0 Å². The molecule has 0 atom stereocenters. The van der Waals surface area contributed by atoms with E-state index in [2.05, 4.69) is 10.3 Å². The van der Waals surface area contributed by atoms with E-state index in [0.29, 0.717) is 15.9 Å². The van der Waals surface area contributed by atoms with Gasteiger partial charge in [-0.25, -0.2) is 9.78 Å². The molecule has 1 N–H and O–H groups in total. The van der Waals surface area contributed by atoms with Crippen LogP contribution in [-0.2, 0) is 9.53 Å². The number of rotatable bonds is 5. The van der Waals surface area contributed by atoms with Crippen molar-refractivity contribution < 1.29 is 14.3 Å². The van der Waals surface area contributed by atoms with Crippen LogP contribution in [0, 0.1) is 5.41 Å². The van der Waals surface area contributed by atoms with Gasteiger partial charge in [-0.1, -0.05) is 32.1 Å². The molecule has 1 heterocycles. The maximum absolute atomic E-state index is 12.2. The number of nitrogens with zero attached hydrogens (tertiary/aromatic N) is 1. The Bertz CT molecular complexity index is 533. The fourth-order valence-electron chi connectivity index (χ4n) is 1.68. The van der Waals surface area contributed by atoms with E-state index in [1.165, 1.54) is 18.4 Å². The number of methoxy groups -OCH3 is 1. The second kappa shape index (κ2) is 5.52. The van der Waals surface area contributed by atoms with Crippen molar-refractivity contribution in [3.05, 3.63) is 10.6 Å². The van der Waals surface area contributed by atoms with Crippen molar-refractivity contribution >= 4 is 28.3 Å². The molecule has 0 aromatic carbocycles. The Labute approximate surface area is 122 Å². The summed E-state index contributed by atoms with van der Waals surface area (Å²) in [5.41, 5.74) is 0.322. The van der Waals surface area contributed by atoms with E-state index in [4.69, 9.17) is 4.74 Å². The predicted octanol–water partition coefficient (Wildman–Crippen LogP) is 3.18. The van der Waals surface area contributed by atoms with E-state index in [0.717, 1.165) is 25.0 Å². The van der Waals surface area contributed by atoms with Crippen LogP contribution in [-0.4, -0.2) is 24.0 Å². The highest BCUT2D eigenvalue weighted by Crippen LogP contribution is 2.44. The largest absolute Gasteiger partial charge is 0.465 e. The second-order valence-electron chi connectivity index (χ2n) is 5.69. The van der Waals surface area contributed by atoms with Crippen molar-refractivity contribution in [2.45, 2.75) is 46.0 Å². The number of amides is 1. The van der Waals surface area contributed by atoms with Gasteiger partial charge in [0.2, 0.25) is 5.91 Å². The van der Waals surface area contributed by atoms with Crippen molar-refractivity contribution in [3.63, 3.8) is 0 Å². The van der Waals surface area contributed by atoms with Crippen LogP contribution in [0.4, 0.5) is 5.13 Å². The van der Waals surface area contributed by atoms with Gasteiger partial charge in [-0.3, -0.25) is 4.79 Å². The molecule has 0 aliphatic heterocycles. The van der Waals surface area contributed by atoms with E-state index in [-0.39, 0.29) is 11.9 Å². The first-order valence-corrected chi connectivity index (χ1v) is 7.61. The molecule has 5 nitrogen and oxygen atoms in total. The molecule has 1 amide bonds. The van der Waals surface area contributed by atoms with Crippen LogP contribution in [0.1, 0.15) is 61.3 Å². The van der Waals surface area contributed by atoms with Gasteiger partial charge in [0.05, 0.1) is 12.8 Å². The summed E-state index contributed by atoms with van der Waals surface area (Å²) < 4.78 is 4.78. The predicted molar refractivity (Wildman–Crippen MR) is 78.1 cm³/mol. The molecule has 0 spiro atoms. The molecule has 0 saturated heterocycles. The molecule has 110 valence electrons. The van der Waals surface area contributed by atoms with Crippen LogP contribution in [0.5, 0.6) is 0 Å². The minimum atomic E-state index is -0.448. The number of carbonyl (C=O) groups is 2. The third kappa shape index (κ3) is 3.00. The lowest BCUT2D eigenvalue weighted by atomic mass is 9.89. The molecule has 1 aromatic heterocycles. The minimum Gasteiger partial charge on any atom is -0.465 e. The average Bonchev–Trinajstić information content (AvgIpc) is 3.19. The number of hydrogen-bond acceptors (Lipinski definition) is 5. The Hall–Kier alpha value is -1.43. The zero-order valence-electron chi connectivity index (χ0n) is 12.3. The van der Waals surface area contributed by atoms with Crippen molar-refractivity contribution in [2.24, 2.45) is 5.41 Å². The number of anilines is 1. The van der Waals surface area contributed by atoms with Gasteiger partial charge in [-0.05, 0) is 19.3 Å². The molecular weight excluding hydrogens is 276 g/mol. The van der Waals surface area contributed by atoms with Gasteiger partial charge in [0, 0.05) is 11.3 Å². The minimum absolute atomic E-state index is 0.0764. The number of hydrogen-bond donors (Lipinski definition) is 1. The van der Waals surface area contributed by atoms with Gasteiger partial charge < -0.3 is 10.1 Å². The van der Waals surface area contributed by atoms with Gasteiger partial charge in [0.25, 0.3) is 0 Å². The van der Waals surface area contributed by atoms with Crippen LogP contribution >= 0.6 is 11.3 Å². The Morgan fingerprint density at radius 2 is 2.10 bits per heavy atom. The summed E-state index contributed by atoms with van der Waals surface area (Å²) in [7, 11) is 1.36. The molecule has 1 saturated carbocycles. The van der Waals surface area contributed by atoms with Crippen molar-refractivity contribution in [1.82, 2.24) is 4.98 Å². The van der Waals surface area contributed by atoms with Crippen LogP contribution in [0.3, 0.4) is 0 Å². The summed E-state index contributed by atoms with van der Waals surface area (Å²) in [6.45, 7) is 5.74. The second-order valence-corrected chi connectivity index (χ2v) is 6.69. The number of nitrogens with one attached hydrogen (secondary N) is 1. The first-order valence-electron chi connectivity index (χ1n) is 6.79.